The lowest BCUT2D eigenvalue weighted by Crippen LogP contribution is -2.47. The van der Waals surface area contributed by atoms with E-state index >= 15 is 0 Å². The van der Waals surface area contributed by atoms with E-state index in [1.165, 1.54) is 30.4 Å². The van der Waals surface area contributed by atoms with Crippen LogP contribution in [-0.2, 0) is 4.79 Å². The van der Waals surface area contributed by atoms with Gasteiger partial charge in [0.15, 0.2) is 0 Å². The Hall–Kier alpha value is -0.730. The molecule has 0 radical (unpaired) electrons. The van der Waals surface area contributed by atoms with E-state index in [1.54, 1.807) is 12.1 Å². The molecular weight excluding hydrogens is 298 g/mol. The van der Waals surface area contributed by atoms with Gasteiger partial charge < -0.3 is 20.6 Å². The average Bonchev–Trinajstić information content (AvgIpc) is 2.41. The lowest BCUT2D eigenvalue weighted by atomic mass is 10.1. The summed E-state index contributed by atoms with van der Waals surface area (Å²) in [4.78, 5) is 11.9. The minimum absolute atomic E-state index is 0.124. The molecule has 0 bridgehead atoms. The quantitative estimate of drug-likeness (QED) is 0.662. The van der Waals surface area contributed by atoms with Crippen molar-refractivity contribution in [3.63, 3.8) is 0 Å². The first-order valence-electron chi connectivity index (χ1n) is 6.17. The Morgan fingerprint density at radius 3 is 2.50 bits per heavy atom. The fourth-order valence-electron chi connectivity index (χ4n) is 1.84. The molecule has 1 amide bonds. The summed E-state index contributed by atoms with van der Waals surface area (Å²) in [5.74, 6) is 0.278. The molecule has 0 saturated carbocycles. The molecular formula is C13H17NO4S2. The second-order valence-electron chi connectivity index (χ2n) is 4.57. The molecule has 1 aliphatic rings. The van der Waals surface area contributed by atoms with Gasteiger partial charge in [0.25, 0.3) is 0 Å². The predicted molar refractivity (Wildman–Crippen MR) is 80.9 cm³/mol. The number of thioether (sulfide) groups is 2. The molecule has 0 spiro atoms. The summed E-state index contributed by atoms with van der Waals surface area (Å²) in [6.07, 6.45) is -2.95. The number of carbonyl (C=O) groups excluding carboxylic acids is 1. The largest absolute Gasteiger partial charge is 0.389 e. The maximum absolute atomic E-state index is 10.9. The molecule has 5 nitrogen and oxygen atoms in total. The Kier molecular flexibility index (Phi) is 5.34. The van der Waals surface area contributed by atoms with E-state index in [9.17, 15) is 20.1 Å². The van der Waals surface area contributed by atoms with Crippen LogP contribution < -0.4 is 5.32 Å². The smallest absolute Gasteiger partial charge is 0.221 e. The SMILES string of the molecule is CC(=O)Nc1ccc(S[C@@H]2SC[C@@H](O)[C@H](O)[C@H]2O)cc1. The zero-order valence-corrected chi connectivity index (χ0v) is 12.5. The Morgan fingerprint density at radius 1 is 1.25 bits per heavy atom. The van der Waals surface area contributed by atoms with Crippen molar-refractivity contribution in [3.8, 4) is 0 Å². The molecule has 110 valence electrons. The standard InChI is InChI=1S/C13H17NO4S2/c1-7(15)14-8-2-4-9(5-3-8)20-13-12(18)11(17)10(16)6-19-13/h2-5,10-13,16-18H,6H2,1H3,(H,14,15)/t10-,11+,12-,13+/m1/s1. The van der Waals surface area contributed by atoms with Crippen LogP contribution in [-0.4, -0.2) is 49.9 Å². The van der Waals surface area contributed by atoms with Crippen LogP contribution in [0.4, 0.5) is 5.69 Å². The van der Waals surface area contributed by atoms with Gasteiger partial charge in [-0.15, -0.1) is 23.5 Å². The molecule has 1 fully saturated rings. The second kappa shape index (κ2) is 6.82. The lowest BCUT2D eigenvalue weighted by Gasteiger charge is -2.34. The van der Waals surface area contributed by atoms with E-state index < -0.39 is 18.3 Å². The Balaban J connectivity index is 1.98. The number of amides is 1. The summed E-state index contributed by atoms with van der Waals surface area (Å²) in [5.41, 5.74) is 0.717. The van der Waals surface area contributed by atoms with Crippen molar-refractivity contribution < 1.29 is 20.1 Å². The minimum Gasteiger partial charge on any atom is -0.389 e. The summed E-state index contributed by atoms with van der Waals surface area (Å²) in [6.45, 7) is 1.45. The molecule has 1 saturated heterocycles. The molecule has 20 heavy (non-hydrogen) atoms. The van der Waals surface area contributed by atoms with Gasteiger partial charge in [0, 0.05) is 23.3 Å². The number of hydrogen-bond acceptors (Lipinski definition) is 6. The highest BCUT2D eigenvalue weighted by Crippen LogP contribution is 2.38. The predicted octanol–water partition coefficient (Wildman–Crippen LogP) is 0.893. The number of anilines is 1. The van der Waals surface area contributed by atoms with Gasteiger partial charge in [0.2, 0.25) is 5.91 Å². The van der Waals surface area contributed by atoms with Gasteiger partial charge in [0.1, 0.15) is 12.2 Å². The maximum Gasteiger partial charge on any atom is 0.221 e. The van der Waals surface area contributed by atoms with Gasteiger partial charge in [-0.25, -0.2) is 0 Å². The number of hydrogen-bond donors (Lipinski definition) is 4. The highest BCUT2D eigenvalue weighted by atomic mass is 32.2. The molecule has 7 heteroatoms. The summed E-state index contributed by atoms with van der Waals surface area (Å²) in [7, 11) is 0. The Labute approximate surface area is 125 Å². The lowest BCUT2D eigenvalue weighted by molar-refractivity contribution is -0.114. The van der Waals surface area contributed by atoms with Crippen molar-refractivity contribution in [3.05, 3.63) is 24.3 Å². The highest BCUT2D eigenvalue weighted by molar-refractivity contribution is 8.17. The average molecular weight is 315 g/mol. The molecule has 4 N–H and O–H groups in total. The zero-order chi connectivity index (χ0) is 14.7. The van der Waals surface area contributed by atoms with Crippen molar-refractivity contribution in [2.45, 2.75) is 34.7 Å². The van der Waals surface area contributed by atoms with Gasteiger partial charge in [-0.1, -0.05) is 0 Å². The van der Waals surface area contributed by atoms with E-state index in [-0.39, 0.29) is 10.5 Å². The molecule has 4 atom stereocenters. The molecule has 0 aromatic heterocycles. The summed E-state index contributed by atoms with van der Waals surface area (Å²) < 4.78 is -0.222. The van der Waals surface area contributed by atoms with E-state index in [2.05, 4.69) is 5.32 Å². The number of aliphatic hydroxyl groups excluding tert-OH is 3. The van der Waals surface area contributed by atoms with E-state index in [1.807, 2.05) is 12.1 Å². The van der Waals surface area contributed by atoms with E-state index in [0.717, 1.165) is 4.90 Å². The highest BCUT2D eigenvalue weighted by Gasteiger charge is 2.37. The van der Waals surface area contributed by atoms with Crippen molar-refractivity contribution >= 4 is 35.1 Å². The topological polar surface area (TPSA) is 89.8 Å². The normalized spacial score (nSPS) is 30.0. The van der Waals surface area contributed by atoms with Crippen LogP contribution in [0.25, 0.3) is 0 Å². The fourth-order valence-corrected chi connectivity index (χ4v) is 4.48. The third-order valence-electron chi connectivity index (χ3n) is 2.88. The summed E-state index contributed by atoms with van der Waals surface area (Å²) >= 11 is 2.86. The third kappa shape index (κ3) is 3.89. The van der Waals surface area contributed by atoms with Crippen LogP contribution in [0.5, 0.6) is 0 Å². The molecule has 1 aliphatic heterocycles. The fraction of sp³-hybridized carbons (Fsp3) is 0.462. The van der Waals surface area contributed by atoms with Gasteiger partial charge in [-0.2, -0.15) is 0 Å². The van der Waals surface area contributed by atoms with E-state index in [4.69, 9.17) is 0 Å². The van der Waals surface area contributed by atoms with Crippen LogP contribution in [0.2, 0.25) is 0 Å². The Morgan fingerprint density at radius 2 is 1.90 bits per heavy atom. The van der Waals surface area contributed by atoms with Crippen molar-refractivity contribution in [2.75, 3.05) is 11.1 Å². The minimum atomic E-state index is -1.10. The van der Waals surface area contributed by atoms with Gasteiger partial charge >= 0.3 is 0 Å². The zero-order valence-electron chi connectivity index (χ0n) is 10.9. The summed E-state index contributed by atoms with van der Waals surface area (Å²) in [6, 6.07) is 7.27. The first kappa shape index (κ1) is 15.7. The van der Waals surface area contributed by atoms with Crippen LogP contribution in [0.3, 0.4) is 0 Å². The van der Waals surface area contributed by atoms with Gasteiger partial charge in [-0.05, 0) is 24.3 Å². The monoisotopic (exact) mass is 315 g/mol. The third-order valence-corrected chi connectivity index (χ3v) is 5.77. The first-order chi connectivity index (χ1) is 9.47. The van der Waals surface area contributed by atoms with Crippen LogP contribution in [0.1, 0.15) is 6.92 Å². The number of aliphatic hydroxyl groups is 3. The molecule has 0 unspecified atom stereocenters. The molecule has 2 rings (SSSR count). The first-order valence-corrected chi connectivity index (χ1v) is 8.10. The van der Waals surface area contributed by atoms with E-state index in [0.29, 0.717) is 11.4 Å². The van der Waals surface area contributed by atoms with Crippen LogP contribution in [0.15, 0.2) is 29.2 Å². The molecule has 1 heterocycles. The summed E-state index contributed by atoms with van der Waals surface area (Å²) in [5, 5.41) is 31.8. The maximum atomic E-state index is 10.9. The number of nitrogens with one attached hydrogen (secondary N) is 1. The number of rotatable bonds is 3. The van der Waals surface area contributed by atoms with Crippen molar-refractivity contribution in [1.29, 1.82) is 0 Å². The van der Waals surface area contributed by atoms with Crippen molar-refractivity contribution in [2.24, 2.45) is 0 Å². The van der Waals surface area contributed by atoms with Crippen molar-refractivity contribution in [1.82, 2.24) is 0 Å². The Bertz CT molecular complexity index is 468. The van der Waals surface area contributed by atoms with Crippen LogP contribution in [0, 0.1) is 0 Å². The second-order valence-corrected chi connectivity index (χ2v) is 7.26. The number of benzene rings is 1. The number of carbonyl (C=O) groups is 1. The van der Waals surface area contributed by atoms with Gasteiger partial charge in [-0.3, -0.25) is 4.79 Å². The molecule has 1 aromatic carbocycles. The molecule has 1 aromatic rings. The van der Waals surface area contributed by atoms with Crippen LogP contribution >= 0.6 is 23.5 Å². The van der Waals surface area contributed by atoms with Gasteiger partial charge in [0.05, 0.1) is 10.7 Å². The molecule has 0 aliphatic carbocycles.